The predicted octanol–water partition coefficient (Wildman–Crippen LogP) is 2.96. The van der Waals surface area contributed by atoms with Crippen LogP contribution in [0.15, 0.2) is 43.2 Å². The minimum Gasteiger partial charge on any atom is -0.384 e. The number of halogens is 1. The molecule has 14 nitrogen and oxygen atoms in total. The molecule has 0 radical (unpaired) electrons. The van der Waals surface area contributed by atoms with Crippen molar-refractivity contribution >= 4 is 45.5 Å². The number of nitrogens with one attached hydrogen (secondary N) is 2. The van der Waals surface area contributed by atoms with E-state index >= 15 is 0 Å². The van der Waals surface area contributed by atoms with Crippen LogP contribution in [0.25, 0.3) is 33.5 Å². The first-order valence-corrected chi connectivity index (χ1v) is 16.3. The van der Waals surface area contributed by atoms with Crippen LogP contribution in [0.5, 0.6) is 0 Å². The maximum Gasteiger partial charge on any atom is 0.165 e. The van der Waals surface area contributed by atoms with E-state index < -0.39 is 0 Å². The Kier molecular flexibility index (Phi) is 8.14. The number of aromatic nitrogens is 10. The lowest BCUT2D eigenvalue weighted by Gasteiger charge is -2.23. The Morgan fingerprint density at radius 2 is 1.33 bits per heavy atom. The van der Waals surface area contributed by atoms with E-state index in [1.165, 1.54) is 12.8 Å². The molecule has 6 N–H and O–H groups in total. The van der Waals surface area contributed by atoms with Crippen molar-refractivity contribution in [3.63, 3.8) is 0 Å². The third-order valence-corrected chi connectivity index (χ3v) is 9.70. The van der Waals surface area contributed by atoms with E-state index in [9.17, 15) is 0 Å². The average Bonchev–Trinajstić information content (AvgIpc) is 3.87. The highest BCUT2D eigenvalue weighted by atomic mass is 127. The van der Waals surface area contributed by atoms with E-state index in [1.807, 2.05) is 51.1 Å². The summed E-state index contributed by atoms with van der Waals surface area (Å²) in [6.07, 6.45) is 15.8. The summed E-state index contributed by atoms with van der Waals surface area (Å²) in [6, 6.07) is 1.95. The Hall–Kier alpha value is -4.09. The fraction of sp³-hybridized carbons (Fsp3) is 0.400. The summed E-state index contributed by atoms with van der Waals surface area (Å²) in [5.41, 5.74) is 20.2. The van der Waals surface area contributed by atoms with Crippen LogP contribution >= 0.6 is 22.6 Å². The highest BCUT2D eigenvalue weighted by Gasteiger charge is 2.24. The predicted molar refractivity (Wildman–Crippen MR) is 182 cm³/mol. The van der Waals surface area contributed by atoms with E-state index in [0.29, 0.717) is 23.5 Å². The second-order valence-electron chi connectivity index (χ2n) is 11.8. The van der Waals surface area contributed by atoms with Crippen LogP contribution in [0.3, 0.4) is 0 Å². The smallest absolute Gasteiger partial charge is 0.165 e. The molecule has 0 aromatic carbocycles. The molecule has 2 unspecified atom stereocenters. The summed E-state index contributed by atoms with van der Waals surface area (Å²) in [7, 11) is 3.80. The van der Waals surface area contributed by atoms with E-state index in [0.717, 1.165) is 87.5 Å². The van der Waals surface area contributed by atoms with Gasteiger partial charge in [-0.3, -0.25) is 9.36 Å². The fourth-order valence-corrected chi connectivity index (χ4v) is 7.01. The van der Waals surface area contributed by atoms with Gasteiger partial charge in [-0.05, 0) is 61.4 Å². The number of fused-ring (bicyclic) bond motifs is 2. The lowest BCUT2D eigenvalue weighted by atomic mass is 9.96. The van der Waals surface area contributed by atoms with Crippen molar-refractivity contribution < 1.29 is 0 Å². The van der Waals surface area contributed by atoms with E-state index in [1.54, 1.807) is 24.6 Å². The molecule has 2 saturated heterocycles. The zero-order valence-electron chi connectivity index (χ0n) is 25.4. The molecule has 15 heteroatoms. The topological polar surface area (TPSA) is 172 Å². The molecule has 2 aliphatic rings. The van der Waals surface area contributed by atoms with Crippen LogP contribution < -0.4 is 22.1 Å². The Morgan fingerprint density at radius 3 is 1.89 bits per heavy atom. The first kappa shape index (κ1) is 29.6. The van der Waals surface area contributed by atoms with Crippen LogP contribution in [-0.4, -0.2) is 74.9 Å². The summed E-state index contributed by atoms with van der Waals surface area (Å²) in [6.45, 7) is 4.08. The number of rotatable bonds is 4. The molecule has 0 saturated carbocycles. The molecule has 8 heterocycles. The van der Waals surface area contributed by atoms with Gasteiger partial charge in [-0.25, -0.2) is 9.97 Å². The quantitative estimate of drug-likeness (QED) is 0.199. The van der Waals surface area contributed by atoms with Crippen molar-refractivity contribution in [2.24, 2.45) is 14.1 Å². The molecule has 2 atom stereocenters. The summed E-state index contributed by atoms with van der Waals surface area (Å²) in [4.78, 5) is 9.79. The molecule has 45 heavy (non-hydrogen) atoms. The molecule has 8 rings (SSSR count). The number of hydrogen-bond acceptors (Lipinski definition) is 10. The van der Waals surface area contributed by atoms with Gasteiger partial charge in [0.2, 0.25) is 0 Å². The van der Waals surface area contributed by atoms with Gasteiger partial charge in [0, 0.05) is 79.7 Å². The molecular weight excluding hydrogens is 683 g/mol. The molecule has 2 fully saturated rings. The third-order valence-electron chi connectivity index (χ3n) is 8.60. The SMILES string of the molecule is Cn1cc(-c2cnn3c(N)c(I)c(C4CCCNC4)nc23)cn1.Cn1cc(-c2cnn3c(N)cc(C4CCCNC4)nc23)cn1. The van der Waals surface area contributed by atoms with Crippen LogP contribution in [0.2, 0.25) is 0 Å². The van der Waals surface area contributed by atoms with Gasteiger partial charge < -0.3 is 22.1 Å². The molecule has 2 aliphatic heterocycles. The monoisotopic (exact) mass is 720 g/mol. The summed E-state index contributed by atoms with van der Waals surface area (Å²) in [5.74, 6) is 2.10. The summed E-state index contributed by atoms with van der Waals surface area (Å²) < 4.78 is 7.98. The number of nitrogen functional groups attached to an aromatic ring is 2. The maximum atomic E-state index is 6.33. The van der Waals surface area contributed by atoms with E-state index in [-0.39, 0.29) is 0 Å². The van der Waals surface area contributed by atoms with Gasteiger partial charge in [0.25, 0.3) is 0 Å². The van der Waals surface area contributed by atoms with Crippen molar-refractivity contribution in [2.75, 3.05) is 37.6 Å². The van der Waals surface area contributed by atoms with Crippen molar-refractivity contribution in [3.8, 4) is 22.3 Å². The van der Waals surface area contributed by atoms with Gasteiger partial charge in [0.15, 0.2) is 11.3 Å². The normalized spacial score (nSPS) is 18.7. The van der Waals surface area contributed by atoms with Gasteiger partial charge in [-0.1, -0.05) is 0 Å². The number of piperidine rings is 2. The number of aryl methyl sites for hydroxylation is 2. The molecule has 234 valence electrons. The molecule has 6 aromatic rings. The standard InChI is InChI=1S/C15H18IN7.C15H19N7/c1-22-8-10(6-19-22)11-7-20-23-14(17)12(16)13(21-15(11)23)9-3-2-4-18-5-9;1-21-9-11(7-18-21)12-8-19-22-14(16)5-13(20-15(12)22)10-3-2-4-17-6-10/h6-9,18H,2-5,17H2,1H3;5,7-10,17H,2-4,6,16H2,1H3. The van der Waals surface area contributed by atoms with Crippen molar-refractivity contribution in [3.05, 3.63) is 58.2 Å². The Bertz CT molecular complexity index is 1950. The summed E-state index contributed by atoms with van der Waals surface area (Å²) in [5, 5.41) is 24.1. The largest absolute Gasteiger partial charge is 0.384 e. The van der Waals surface area contributed by atoms with Crippen LogP contribution in [0.1, 0.15) is 48.9 Å². The first-order chi connectivity index (χ1) is 21.9. The molecule has 0 aliphatic carbocycles. The van der Waals surface area contributed by atoms with Gasteiger partial charge in [-0.15, -0.1) is 0 Å². The highest BCUT2D eigenvalue weighted by Crippen LogP contribution is 2.33. The molecular formula is C30H37IN14. The molecule has 0 bridgehead atoms. The van der Waals surface area contributed by atoms with Crippen molar-refractivity contribution in [1.82, 2.24) is 59.4 Å². The second-order valence-corrected chi connectivity index (χ2v) is 12.9. The van der Waals surface area contributed by atoms with Crippen molar-refractivity contribution in [1.29, 1.82) is 0 Å². The highest BCUT2D eigenvalue weighted by molar-refractivity contribution is 14.1. The lowest BCUT2D eigenvalue weighted by Crippen LogP contribution is -2.29. The number of nitrogens with two attached hydrogens (primary N) is 2. The van der Waals surface area contributed by atoms with Gasteiger partial charge in [0.05, 0.1) is 39.7 Å². The second kappa shape index (κ2) is 12.4. The number of nitrogens with zero attached hydrogens (tertiary/aromatic N) is 10. The van der Waals surface area contributed by atoms with Crippen LogP contribution in [0.4, 0.5) is 11.6 Å². The van der Waals surface area contributed by atoms with E-state index in [4.69, 9.17) is 21.4 Å². The van der Waals surface area contributed by atoms with Crippen LogP contribution in [-0.2, 0) is 14.1 Å². The lowest BCUT2D eigenvalue weighted by molar-refractivity contribution is 0.453. The Morgan fingerprint density at radius 1 is 0.756 bits per heavy atom. The molecule has 0 spiro atoms. The Labute approximate surface area is 273 Å². The first-order valence-electron chi connectivity index (χ1n) is 15.2. The fourth-order valence-electron chi connectivity index (χ4n) is 6.22. The van der Waals surface area contributed by atoms with Crippen LogP contribution in [0, 0.1) is 3.57 Å². The minimum atomic E-state index is 0.402. The van der Waals surface area contributed by atoms with Crippen molar-refractivity contribution in [2.45, 2.75) is 37.5 Å². The molecule has 6 aromatic heterocycles. The maximum absolute atomic E-state index is 6.33. The third kappa shape index (κ3) is 5.75. The number of hydrogen-bond donors (Lipinski definition) is 4. The van der Waals surface area contributed by atoms with Gasteiger partial charge in [0.1, 0.15) is 11.6 Å². The minimum absolute atomic E-state index is 0.402. The zero-order chi connectivity index (χ0) is 31.1. The van der Waals surface area contributed by atoms with E-state index in [2.05, 4.69) is 53.6 Å². The zero-order valence-corrected chi connectivity index (χ0v) is 27.5. The summed E-state index contributed by atoms with van der Waals surface area (Å²) >= 11 is 2.29. The number of anilines is 2. The van der Waals surface area contributed by atoms with Gasteiger partial charge >= 0.3 is 0 Å². The molecule has 0 amide bonds. The average molecular weight is 721 g/mol. The van der Waals surface area contributed by atoms with Gasteiger partial charge in [-0.2, -0.15) is 29.4 Å². The Balaban J connectivity index is 0.000000145.